The number of nitrogens with zero attached hydrogens (tertiary/aromatic N) is 2. The number of aliphatic imine (C=N–C) groups is 1. The minimum atomic E-state index is -2.86. The topological polar surface area (TPSA) is 58.1 Å². The average molecular weight is 546 g/mol. The maximum absolute atomic E-state index is 12.6. The molecule has 6 nitrogen and oxygen atoms in total. The molecule has 0 aliphatic carbocycles. The van der Waals surface area contributed by atoms with E-state index in [-0.39, 0.29) is 42.3 Å². The van der Waals surface area contributed by atoms with E-state index in [1.54, 1.807) is 25.3 Å². The lowest BCUT2D eigenvalue weighted by atomic mass is 10.2. The Morgan fingerprint density at radius 2 is 1.87 bits per heavy atom. The van der Waals surface area contributed by atoms with Gasteiger partial charge in [-0.25, -0.2) is 4.99 Å². The molecule has 0 aromatic heterocycles. The Balaban J connectivity index is 0.00000341. The lowest BCUT2D eigenvalue weighted by Crippen LogP contribution is -2.44. The Kier molecular flexibility index (Phi) is 10.1. The molecule has 1 fully saturated rings. The van der Waals surface area contributed by atoms with Crippen LogP contribution in [0.2, 0.25) is 0 Å². The van der Waals surface area contributed by atoms with Crippen LogP contribution in [0, 0.1) is 0 Å². The number of nitrogens with one attached hydrogen (secondary N) is 2. The Labute approximate surface area is 199 Å². The number of alkyl halides is 2. The van der Waals surface area contributed by atoms with Gasteiger partial charge in [0, 0.05) is 31.2 Å². The number of hydrogen-bond acceptors (Lipinski definition) is 4. The van der Waals surface area contributed by atoms with Crippen LogP contribution in [0.15, 0.2) is 53.5 Å². The largest absolute Gasteiger partial charge is 0.495 e. The van der Waals surface area contributed by atoms with Crippen LogP contribution in [0.25, 0.3) is 0 Å². The molecule has 0 radical (unpaired) electrons. The maximum Gasteiger partial charge on any atom is 0.387 e. The van der Waals surface area contributed by atoms with Crippen LogP contribution >= 0.6 is 24.0 Å². The van der Waals surface area contributed by atoms with Crippen LogP contribution in [0.1, 0.15) is 18.9 Å². The third-order valence-electron chi connectivity index (χ3n) is 4.90. The predicted molar refractivity (Wildman–Crippen MR) is 130 cm³/mol. The van der Waals surface area contributed by atoms with Crippen LogP contribution in [0.5, 0.6) is 11.5 Å². The van der Waals surface area contributed by atoms with Crippen LogP contribution in [0.4, 0.5) is 14.5 Å². The molecule has 1 heterocycles. The van der Waals surface area contributed by atoms with E-state index in [9.17, 15) is 8.78 Å². The molecule has 9 heteroatoms. The molecule has 1 aliphatic heterocycles. The summed E-state index contributed by atoms with van der Waals surface area (Å²) in [5.41, 5.74) is 1.68. The molecule has 2 aromatic carbocycles. The van der Waals surface area contributed by atoms with Gasteiger partial charge in [-0.1, -0.05) is 30.3 Å². The third-order valence-corrected chi connectivity index (χ3v) is 4.90. The molecule has 2 aromatic rings. The van der Waals surface area contributed by atoms with Crippen molar-refractivity contribution >= 4 is 35.6 Å². The van der Waals surface area contributed by atoms with Crippen molar-refractivity contribution in [2.45, 2.75) is 32.5 Å². The number of halogens is 3. The fraction of sp³-hybridized carbons (Fsp3) is 0.409. The molecule has 31 heavy (non-hydrogen) atoms. The van der Waals surface area contributed by atoms with E-state index in [1.807, 2.05) is 25.1 Å². The zero-order chi connectivity index (χ0) is 21.3. The molecule has 1 unspecified atom stereocenters. The van der Waals surface area contributed by atoms with Crippen molar-refractivity contribution in [3.63, 3.8) is 0 Å². The first kappa shape index (κ1) is 25.0. The maximum atomic E-state index is 12.6. The van der Waals surface area contributed by atoms with Gasteiger partial charge in [0.25, 0.3) is 0 Å². The van der Waals surface area contributed by atoms with Gasteiger partial charge in [0.15, 0.2) is 5.96 Å². The normalized spacial score (nSPS) is 16.1. The first-order valence-electron chi connectivity index (χ1n) is 10.1. The number of benzene rings is 2. The SMILES string of the molecule is CCNC(=NCc1ccccc1OC(F)F)NC1CCN(c2ccccc2OC)C1.I. The number of guanidine groups is 1. The highest BCUT2D eigenvalue weighted by molar-refractivity contribution is 14.0. The van der Waals surface area contributed by atoms with Crippen LogP contribution in [-0.2, 0) is 6.54 Å². The molecule has 2 N–H and O–H groups in total. The molecule has 0 amide bonds. The first-order valence-corrected chi connectivity index (χ1v) is 10.1. The van der Waals surface area contributed by atoms with Gasteiger partial charge in [0.2, 0.25) is 0 Å². The Bertz CT molecular complexity index is 854. The summed E-state index contributed by atoms with van der Waals surface area (Å²) in [5.74, 6) is 1.65. The lowest BCUT2D eigenvalue weighted by Gasteiger charge is -2.22. The van der Waals surface area contributed by atoms with Gasteiger partial charge in [-0.05, 0) is 31.5 Å². The van der Waals surface area contributed by atoms with Crippen molar-refractivity contribution in [3.05, 3.63) is 54.1 Å². The van der Waals surface area contributed by atoms with E-state index in [0.29, 0.717) is 18.1 Å². The van der Waals surface area contributed by atoms with E-state index >= 15 is 0 Å². The van der Waals surface area contributed by atoms with Crippen molar-refractivity contribution in [3.8, 4) is 11.5 Å². The van der Waals surface area contributed by atoms with Crippen molar-refractivity contribution in [2.24, 2.45) is 4.99 Å². The fourth-order valence-corrected chi connectivity index (χ4v) is 3.51. The monoisotopic (exact) mass is 546 g/mol. The van der Waals surface area contributed by atoms with Crippen molar-refractivity contribution < 1.29 is 18.3 Å². The zero-order valence-corrected chi connectivity index (χ0v) is 20.0. The quantitative estimate of drug-likeness (QED) is 0.295. The molecule has 0 spiro atoms. The number of methoxy groups -OCH3 is 1. The number of hydrogen-bond donors (Lipinski definition) is 2. The van der Waals surface area contributed by atoms with E-state index < -0.39 is 6.61 Å². The number of ether oxygens (including phenoxy) is 2. The molecule has 1 saturated heterocycles. The lowest BCUT2D eigenvalue weighted by molar-refractivity contribution is -0.0504. The summed E-state index contributed by atoms with van der Waals surface area (Å²) in [6.07, 6.45) is 0.952. The zero-order valence-electron chi connectivity index (χ0n) is 17.7. The molecule has 0 saturated carbocycles. The Hall–Kier alpha value is -2.30. The van der Waals surface area contributed by atoms with E-state index in [1.165, 1.54) is 6.07 Å². The van der Waals surface area contributed by atoms with Crippen molar-refractivity contribution in [1.82, 2.24) is 10.6 Å². The summed E-state index contributed by atoms with van der Waals surface area (Å²) < 4.78 is 35.3. The van der Waals surface area contributed by atoms with Crippen molar-refractivity contribution in [1.29, 1.82) is 0 Å². The smallest absolute Gasteiger partial charge is 0.387 e. The molecular formula is C22H29F2IN4O2. The van der Waals surface area contributed by atoms with Gasteiger partial charge in [-0.15, -0.1) is 24.0 Å². The number of anilines is 1. The van der Waals surface area contributed by atoms with Gasteiger partial charge >= 0.3 is 6.61 Å². The van der Waals surface area contributed by atoms with Crippen molar-refractivity contribution in [2.75, 3.05) is 31.6 Å². The predicted octanol–water partition coefficient (Wildman–Crippen LogP) is 4.25. The molecule has 170 valence electrons. The number of rotatable bonds is 8. The Morgan fingerprint density at radius 1 is 1.16 bits per heavy atom. The van der Waals surface area contributed by atoms with Gasteiger partial charge < -0.3 is 25.0 Å². The fourth-order valence-electron chi connectivity index (χ4n) is 3.51. The summed E-state index contributed by atoms with van der Waals surface area (Å²) in [7, 11) is 1.68. The summed E-state index contributed by atoms with van der Waals surface area (Å²) in [5, 5.41) is 6.68. The second kappa shape index (κ2) is 12.5. The number of para-hydroxylation sites is 3. The molecular weight excluding hydrogens is 517 g/mol. The summed E-state index contributed by atoms with van der Waals surface area (Å²) in [4.78, 5) is 6.86. The van der Waals surface area contributed by atoms with Gasteiger partial charge in [0.05, 0.1) is 19.3 Å². The second-order valence-corrected chi connectivity index (χ2v) is 6.93. The van der Waals surface area contributed by atoms with E-state index in [0.717, 1.165) is 30.9 Å². The molecule has 3 rings (SSSR count). The van der Waals surface area contributed by atoms with Crippen LogP contribution in [-0.4, -0.2) is 45.4 Å². The van der Waals surface area contributed by atoms with Crippen LogP contribution in [0.3, 0.4) is 0 Å². The summed E-state index contributed by atoms with van der Waals surface area (Å²) in [6.45, 7) is 1.78. The summed E-state index contributed by atoms with van der Waals surface area (Å²) >= 11 is 0. The molecule has 1 aliphatic rings. The minimum absolute atomic E-state index is 0. The van der Waals surface area contributed by atoms with Gasteiger partial charge in [0.1, 0.15) is 11.5 Å². The Morgan fingerprint density at radius 3 is 2.58 bits per heavy atom. The highest BCUT2D eigenvalue weighted by Crippen LogP contribution is 2.30. The molecule has 0 bridgehead atoms. The minimum Gasteiger partial charge on any atom is -0.495 e. The first-order chi connectivity index (χ1) is 14.6. The highest BCUT2D eigenvalue weighted by Gasteiger charge is 2.25. The highest BCUT2D eigenvalue weighted by atomic mass is 127. The third kappa shape index (κ3) is 7.12. The van der Waals surface area contributed by atoms with Gasteiger partial charge in [-0.2, -0.15) is 8.78 Å². The van der Waals surface area contributed by atoms with Gasteiger partial charge in [-0.3, -0.25) is 0 Å². The average Bonchev–Trinajstić information content (AvgIpc) is 3.21. The summed E-state index contributed by atoms with van der Waals surface area (Å²) in [6, 6.07) is 14.9. The standard InChI is InChI=1S/C22H28F2N4O2.HI/c1-3-25-22(26-14-16-8-4-6-10-19(16)30-21(23)24)27-17-12-13-28(15-17)18-9-5-7-11-20(18)29-2;/h4-11,17,21H,3,12-15H2,1-2H3,(H2,25,26,27);1H. The van der Waals surface area contributed by atoms with E-state index in [4.69, 9.17) is 4.74 Å². The van der Waals surface area contributed by atoms with Crippen LogP contribution < -0.4 is 25.0 Å². The van der Waals surface area contributed by atoms with E-state index in [2.05, 4.69) is 31.3 Å². The molecule has 1 atom stereocenters. The second-order valence-electron chi connectivity index (χ2n) is 6.93.